The smallest absolute Gasteiger partial charge is 0.271 e. The molecule has 1 amide bonds. The number of pyridine rings is 1. The van der Waals surface area contributed by atoms with Crippen LogP contribution in [-0.4, -0.2) is 27.8 Å². The SMILES string of the molecule is CC(=NNC(=O)c1ccncc1)C1=CC[C@@H]2[C@H]3CC[C@@H]4C[C@@H](O)CC[C@]4(C)[C@@H]3CC[C@]12C. The van der Waals surface area contributed by atoms with Gasteiger partial charge in [-0.2, -0.15) is 5.10 Å². The minimum absolute atomic E-state index is 0.0838. The van der Waals surface area contributed by atoms with Crippen molar-refractivity contribution >= 4 is 11.6 Å². The molecule has 0 radical (unpaired) electrons. The maximum atomic E-state index is 12.4. The lowest BCUT2D eigenvalue weighted by Crippen LogP contribution is -2.53. The Morgan fingerprint density at radius 1 is 1.12 bits per heavy atom. The molecule has 3 saturated carbocycles. The van der Waals surface area contributed by atoms with E-state index in [2.05, 4.69) is 35.4 Å². The maximum Gasteiger partial charge on any atom is 0.271 e. The Kier molecular flexibility index (Phi) is 5.51. The van der Waals surface area contributed by atoms with Crippen LogP contribution >= 0.6 is 0 Å². The maximum absolute atomic E-state index is 12.4. The first-order valence-corrected chi connectivity index (χ1v) is 12.5. The van der Waals surface area contributed by atoms with Gasteiger partial charge in [0.1, 0.15) is 0 Å². The Balaban J connectivity index is 1.32. The fraction of sp³-hybridized carbons (Fsp3) is 0.667. The van der Waals surface area contributed by atoms with E-state index in [1.807, 2.05) is 6.92 Å². The molecule has 5 nitrogen and oxygen atoms in total. The van der Waals surface area contributed by atoms with Crippen molar-refractivity contribution in [3.63, 3.8) is 0 Å². The van der Waals surface area contributed by atoms with Crippen LogP contribution in [0.15, 0.2) is 41.3 Å². The Morgan fingerprint density at radius 2 is 1.91 bits per heavy atom. The zero-order valence-corrected chi connectivity index (χ0v) is 19.7. The van der Waals surface area contributed by atoms with Gasteiger partial charge in [-0.05, 0) is 110 Å². The molecule has 0 spiro atoms. The molecule has 0 bridgehead atoms. The molecule has 4 aliphatic carbocycles. The van der Waals surface area contributed by atoms with E-state index in [-0.39, 0.29) is 17.4 Å². The van der Waals surface area contributed by atoms with Crippen LogP contribution in [0.1, 0.15) is 82.5 Å². The molecule has 4 aliphatic rings. The Bertz CT molecular complexity index is 941. The number of hydrazone groups is 1. The lowest BCUT2D eigenvalue weighted by molar-refractivity contribution is -0.117. The van der Waals surface area contributed by atoms with Crippen molar-refractivity contribution in [2.45, 2.75) is 78.2 Å². The van der Waals surface area contributed by atoms with Crippen LogP contribution in [0, 0.1) is 34.5 Å². The third-order valence-electron chi connectivity index (χ3n) is 9.88. The van der Waals surface area contributed by atoms with E-state index >= 15 is 0 Å². The van der Waals surface area contributed by atoms with Gasteiger partial charge in [0.2, 0.25) is 0 Å². The fourth-order valence-corrected chi connectivity index (χ4v) is 8.13. The van der Waals surface area contributed by atoms with E-state index in [1.165, 1.54) is 37.7 Å². The molecule has 5 heteroatoms. The summed E-state index contributed by atoms with van der Waals surface area (Å²) in [4.78, 5) is 16.4. The molecule has 172 valence electrons. The van der Waals surface area contributed by atoms with Crippen molar-refractivity contribution in [1.82, 2.24) is 10.4 Å². The Labute approximate surface area is 191 Å². The average Bonchev–Trinajstić information content (AvgIpc) is 3.15. The van der Waals surface area contributed by atoms with Crippen LogP contribution in [0.5, 0.6) is 0 Å². The van der Waals surface area contributed by atoms with Crippen LogP contribution in [0.2, 0.25) is 0 Å². The van der Waals surface area contributed by atoms with Crippen molar-refractivity contribution in [2.24, 2.45) is 39.6 Å². The molecule has 1 heterocycles. The van der Waals surface area contributed by atoms with Crippen LogP contribution in [0.3, 0.4) is 0 Å². The standard InChI is InChI=1S/C27H37N3O2/c1-17(29-30-25(32)18-10-14-28-15-11-18)22-6-7-23-21-5-4-19-16-20(31)8-12-26(19,2)24(21)9-13-27(22,23)3/h6,10-11,14-15,19-21,23-24,31H,4-5,7-9,12-13,16H2,1-3H3,(H,30,32)/t19-,20+,21-,23-,24-,26+,27-/m1/s1. The molecule has 0 aliphatic heterocycles. The molecule has 5 rings (SSSR count). The molecule has 1 aromatic heterocycles. The number of allylic oxidation sites excluding steroid dienone is 2. The summed E-state index contributed by atoms with van der Waals surface area (Å²) in [6.07, 6.45) is 14.9. The highest BCUT2D eigenvalue weighted by Gasteiger charge is 2.58. The molecule has 3 fully saturated rings. The minimum atomic E-state index is -0.193. The number of fused-ring (bicyclic) bond motifs is 5. The lowest BCUT2D eigenvalue weighted by atomic mass is 9.44. The molecule has 0 saturated heterocycles. The second kappa shape index (κ2) is 8.09. The van der Waals surface area contributed by atoms with Crippen molar-refractivity contribution in [3.8, 4) is 0 Å². The number of hydrogen-bond acceptors (Lipinski definition) is 4. The zero-order chi connectivity index (χ0) is 22.5. The minimum Gasteiger partial charge on any atom is -0.393 e. The highest BCUT2D eigenvalue weighted by Crippen LogP contribution is 2.66. The van der Waals surface area contributed by atoms with Crippen molar-refractivity contribution in [2.75, 3.05) is 0 Å². The molecule has 32 heavy (non-hydrogen) atoms. The van der Waals surface area contributed by atoms with Crippen LogP contribution < -0.4 is 5.43 Å². The third-order valence-corrected chi connectivity index (χ3v) is 9.88. The summed E-state index contributed by atoms with van der Waals surface area (Å²) in [6.45, 7) is 7.02. The third kappa shape index (κ3) is 3.44. The highest BCUT2D eigenvalue weighted by atomic mass is 16.3. The van der Waals surface area contributed by atoms with Gasteiger partial charge in [0.05, 0.1) is 11.8 Å². The van der Waals surface area contributed by atoms with Gasteiger partial charge in [-0.15, -0.1) is 0 Å². The van der Waals surface area contributed by atoms with Crippen molar-refractivity contribution in [1.29, 1.82) is 0 Å². The highest BCUT2D eigenvalue weighted by molar-refractivity contribution is 6.01. The van der Waals surface area contributed by atoms with E-state index in [4.69, 9.17) is 0 Å². The van der Waals surface area contributed by atoms with Gasteiger partial charge in [-0.25, -0.2) is 5.43 Å². The molecular weight excluding hydrogens is 398 g/mol. The van der Waals surface area contributed by atoms with Crippen LogP contribution in [-0.2, 0) is 0 Å². The molecule has 7 atom stereocenters. The first-order chi connectivity index (χ1) is 15.3. The van der Waals surface area contributed by atoms with Gasteiger partial charge in [0.25, 0.3) is 5.91 Å². The van der Waals surface area contributed by atoms with Crippen LogP contribution in [0.4, 0.5) is 0 Å². The molecular formula is C27H37N3O2. The molecule has 1 aromatic rings. The number of aliphatic hydroxyl groups excluding tert-OH is 1. The molecule has 2 N–H and O–H groups in total. The summed E-state index contributed by atoms with van der Waals surface area (Å²) in [5, 5.41) is 14.8. The monoisotopic (exact) mass is 435 g/mol. The zero-order valence-electron chi connectivity index (χ0n) is 19.7. The first kappa shape index (κ1) is 21.8. The summed E-state index contributed by atoms with van der Waals surface area (Å²) in [5.74, 6) is 2.71. The van der Waals surface area contributed by atoms with Crippen molar-refractivity contribution < 1.29 is 9.90 Å². The fourth-order valence-electron chi connectivity index (χ4n) is 8.13. The second-order valence-corrected chi connectivity index (χ2v) is 11.3. The number of nitrogens with one attached hydrogen (secondary N) is 1. The Hall–Kier alpha value is -2.01. The van der Waals surface area contributed by atoms with Gasteiger partial charge < -0.3 is 5.11 Å². The summed E-state index contributed by atoms with van der Waals surface area (Å²) in [5.41, 5.74) is 6.14. The van der Waals surface area contributed by atoms with Gasteiger partial charge in [0, 0.05) is 18.0 Å². The Morgan fingerprint density at radius 3 is 2.69 bits per heavy atom. The summed E-state index contributed by atoms with van der Waals surface area (Å²) in [6, 6.07) is 3.41. The van der Waals surface area contributed by atoms with Gasteiger partial charge in [-0.1, -0.05) is 19.9 Å². The normalized spacial score (nSPS) is 41.2. The number of amides is 1. The number of carbonyl (C=O) groups is 1. The largest absolute Gasteiger partial charge is 0.393 e. The topological polar surface area (TPSA) is 74.6 Å². The number of aliphatic hydroxyl groups is 1. The van der Waals surface area contributed by atoms with Gasteiger partial charge in [-0.3, -0.25) is 9.78 Å². The lowest BCUT2D eigenvalue weighted by Gasteiger charge is -2.60. The summed E-state index contributed by atoms with van der Waals surface area (Å²) in [7, 11) is 0. The number of carbonyl (C=O) groups excluding carboxylic acids is 1. The van der Waals surface area contributed by atoms with Gasteiger partial charge >= 0.3 is 0 Å². The van der Waals surface area contributed by atoms with E-state index in [9.17, 15) is 9.90 Å². The van der Waals surface area contributed by atoms with E-state index in [0.717, 1.165) is 36.8 Å². The number of rotatable bonds is 3. The molecule has 0 unspecified atom stereocenters. The molecule has 0 aromatic carbocycles. The quantitative estimate of drug-likeness (QED) is 0.511. The van der Waals surface area contributed by atoms with E-state index < -0.39 is 0 Å². The average molecular weight is 436 g/mol. The predicted molar refractivity (Wildman–Crippen MR) is 126 cm³/mol. The number of hydrogen-bond donors (Lipinski definition) is 2. The summed E-state index contributed by atoms with van der Waals surface area (Å²) < 4.78 is 0. The predicted octanol–water partition coefficient (Wildman–Crippen LogP) is 5.13. The number of aromatic nitrogens is 1. The van der Waals surface area contributed by atoms with Crippen LogP contribution in [0.25, 0.3) is 0 Å². The first-order valence-electron chi connectivity index (χ1n) is 12.5. The van der Waals surface area contributed by atoms with E-state index in [0.29, 0.717) is 22.8 Å². The van der Waals surface area contributed by atoms with Gasteiger partial charge in [0.15, 0.2) is 0 Å². The van der Waals surface area contributed by atoms with Crippen molar-refractivity contribution in [3.05, 3.63) is 41.7 Å². The number of nitrogens with zero attached hydrogens (tertiary/aromatic N) is 2. The summed E-state index contributed by atoms with van der Waals surface area (Å²) >= 11 is 0. The second-order valence-electron chi connectivity index (χ2n) is 11.3. The van der Waals surface area contributed by atoms with E-state index in [1.54, 1.807) is 24.5 Å².